The van der Waals surface area contributed by atoms with Crippen LogP contribution in [0.25, 0.3) is 0 Å². The largest absolute Gasteiger partial charge is 0.455 e. The molecule has 11 atom stereocenters. The van der Waals surface area contributed by atoms with Gasteiger partial charge in [0.05, 0.1) is 23.5 Å². The van der Waals surface area contributed by atoms with Crippen LogP contribution in [0.1, 0.15) is 74.1 Å². The average Bonchev–Trinajstić information content (AvgIpc) is 2.92. The zero-order chi connectivity index (χ0) is 31.7. The zero-order valence-electron chi connectivity index (χ0n) is 26.0. The number of nitrogens with zero attached hydrogens (tertiary/aromatic N) is 1. The van der Waals surface area contributed by atoms with Gasteiger partial charge in [0.15, 0.2) is 17.5 Å². The Balaban J connectivity index is 1.82. The molecule has 0 aromatic heterocycles. The third-order valence-corrected chi connectivity index (χ3v) is 11.5. The van der Waals surface area contributed by atoms with Crippen molar-refractivity contribution in [2.45, 2.75) is 110 Å². The number of fused-ring (bicyclic) bond motifs is 5. The van der Waals surface area contributed by atoms with Crippen molar-refractivity contribution in [1.29, 1.82) is 0 Å². The number of hydrogen-bond donors (Lipinski definition) is 1. The van der Waals surface area contributed by atoms with Gasteiger partial charge >= 0.3 is 17.9 Å². The summed E-state index contributed by atoms with van der Waals surface area (Å²) in [4.78, 5) is 66.7. The third-order valence-electron chi connectivity index (χ3n) is 11.5. The molecule has 0 amide bonds. The van der Waals surface area contributed by atoms with Crippen LogP contribution in [-0.4, -0.2) is 71.0 Å². The molecule has 0 aromatic rings. The maximum absolute atomic E-state index is 15.0. The Morgan fingerprint density at radius 3 is 2.30 bits per heavy atom. The van der Waals surface area contributed by atoms with Crippen molar-refractivity contribution < 1.29 is 43.2 Å². The third kappa shape index (κ3) is 4.43. The minimum Gasteiger partial charge on any atom is -0.455 e. The number of carbonyl (C=O) groups excluding carboxylic acids is 4. The Bertz CT molecular complexity index is 1290. The molecule has 9 unspecified atom stereocenters. The van der Waals surface area contributed by atoms with Crippen LogP contribution in [0.5, 0.6) is 0 Å². The van der Waals surface area contributed by atoms with Crippen LogP contribution < -0.4 is 0 Å². The first-order chi connectivity index (χ1) is 20.1. The second-order valence-electron chi connectivity index (χ2n) is 14.0. The van der Waals surface area contributed by atoms with Crippen LogP contribution in [-0.2, 0) is 38.1 Å². The highest BCUT2D eigenvalue weighted by Gasteiger charge is 2.79. The molecule has 2 bridgehead atoms. The minimum absolute atomic E-state index is 0.0463. The van der Waals surface area contributed by atoms with Gasteiger partial charge in [-0.3, -0.25) is 14.4 Å². The summed E-state index contributed by atoms with van der Waals surface area (Å²) in [6, 6.07) is -1.22. The molecule has 1 aliphatic heterocycles. The molecule has 5 rings (SSSR count). The van der Waals surface area contributed by atoms with Crippen LogP contribution >= 0.6 is 0 Å². The highest BCUT2D eigenvalue weighted by atomic mass is 16.6. The van der Waals surface area contributed by atoms with Gasteiger partial charge in [0.25, 0.3) is 0 Å². The predicted molar refractivity (Wildman–Crippen MR) is 152 cm³/mol. The number of ketones is 1. The van der Waals surface area contributed by atoms with Crippen molar-refractivity contribution in [3.63, 3.8) is 0 Å². The molecule has 3 saturated carbocycles. The molecule has 1 N–H and O–H groups in total. The van der Waals surface area contributed by atoms with Crippen LogP contribution in [0, 0.1) is 39.4 Å². The van der Waals surface area contributed by atoms with Crippen molar-refractivity contribution in [2.24, 2.45) is 39.7 Å². The van der Waals surface area contributed by atoms with Gasteiger partial charge in [0.2, 0.25) is 0 Å². The summed E-state index contributed by atoms with van der Waals surface area (Å²) in [5.74, 6) is -4.99. The number of ether oxygens (including phenoxy) is 4. The van der Waals surface area contributed by atoms with Gasteiger partial charge in [-0.25, -0.2) is 4.79 Å². The van der Waals surface area contributed by atoms with Crippen LogP contribution in [0.15, 0.2) is 29.0 Å². The van der Waals surface area contributed by atoms with Gasteiger partial charge in [0.1, 0.15) is 23.9 Å². The Kier molecular flexibility index (Phi) is 7.77. The number of allylic oxidation sites excluding steroid dienone is 2. The van der Waals surface area contributed by atoms with Gasteiger partial charge < -0.3 is 24.1 Å². The van der Waals surface area contributed by atoms with Crippen molar-refractivity contribution in [1.82, 2.24) is 0 Å². The summed E-state index contributed by atoms with van der Waals surface area (Å²) >= 11 is 0. The molecular formula is C32H43NO10. The van der Waals surface area contributed by atoms with E-state index in [-0.39, 0.29) is 31.3 Å². The van der Waals surface area contributed by atoms with Crippen LogP contribution in [0.3, 0.4) is 0 Å². The quantitative estimate of drug-likeness (QED) is 0.281. The molecule has 1 saturated heterocycles. The van der Waals surface area contributed by atoms with E-state index in [0.717, 1.165) is 6.42 Å². The lowest BCUT2D eigenvalue weighted by Crippen LogP contribution is -2.82. The molecular weight excluding hydrogens is 558 g/mol. The average molecular weight is 602 g/mol. The van der Waals surface area contributed by atoms with Gasteiger partial charge in [-0.15, -0.1) is 0 Å². The van der Waals surface area contributed by atoms with Gasteiger partial charge in [-0.1, -0.05) is 51.1 Å². The highest BCUT2D eigenvalue weighted by Crippen LogP contribution is 2.66. The minimum atomic E-state index is -1.82. The molecule has 4 aliphatic carbocycles. The fourth-order valence-electron chi connectivity index (χ4n) is 9.09. The van der Waals surface area contributed by atoms with E-state index in [9.17, 15) is 24.4 Å². The van der Waals surface area contributed by atoms with Crippen LogP contribution in [0.2, 0.25) is 0 Å². The van der Waals surface area contributed by atoms with E-state index < -0.39 is 81.9 Å². The van der Waals surface area contributed by atoms with E-state index >= 15 is 4.79 Å². The van der Waals surface area contributed by atoms with Crippen molar-refractivity contribution >= 4 is 23.7 Å². The smallest absolute Gasteiger partial charge is 0.338 e. The first-order valence-electron chi connectivity index (χ1n) is 15.2. The predicted octanol–water partition coefficient (Wildman–Crippen LogP) is 3.60. The molecule has 43 heavy (non-hydrogen) atoms. The molecule has 4 fully saturated rings. The summed E-state index contributed by atoms with van der Waals surface area (Å²) in [5.41, 5.74) is -5.98. The summed E-state index contributed by atoms with van der Waals surface area (Å²) in [6.45, 7) is 11.3. The first kappa shape index (κ1) is 31.5. The first-order valence-corrected chi connectivity index (χ1v) is 15.2. The summed E-state index contributed by atoms with van der Waals surface area (Å²) in [6.07, 6.45) is 3.18. The van der Waals surface area contributed by atoms with Gasteiger partial charge in [0, 0.05) is 31.6 Å². The molecule has 0 spiro atoms. The number of esters is 3. The lowest BCUT2D eigenvalue weighted by molar-refractivity contribution is -0.345. The second-order valence-corrected chi connectivity index (χ2v) is 14.0. The number of aliphatic hydroxyl groups is 1. The van der Waals surface area contributed by atoms with E-state index in [1.54, 1.807) is 26.0 Å². The van der Waals surface area contributed by atoms with E-state index in [4.69, 9.17) is 18.9 Å². The second kappa shape index (κ2) is 10.6. The monoisotopic (exact) mass is 601 g/mol. The Labute approximate surface area is 251 Å². The van der Waals surface area contributed by atoms with Crippen molar-refractivity contribution in [2.75, 3.05) is 6.61 Å². The molecule has 236 valence electrons. The molecule has 1 heterocycles. The fourth-order valence-corrected chi connectivity index (χ4v) is 9.09. The van der Waals surface area contributed by atoms with Crippen molar-refractivity contribution in [3.05, 3.63) is 28.7 Å². The molecule has 11 heteroatoms. The van der Waals surface area contributed by atoms with E-state index in [1.807, 2.05) is 19.9 Å². The maximum Gasteiger partial charge on any atom is 0.338 e. The topological polar surface area (TPSA) is 155 Å². The number of nitroso groups, excluding NO2 is 1. The summed E-state index contributed by atoms with van der Waals surface area (Å²) in [7, 11) is 0. The van der Waals surface area contributed by atoms with E-state index in [0.29, 0.717) is 12.0 Å². The highest BCUT2D eigenvalue weighted by molar-refractivity contribution is 5.94. The maximum atomic E-state index is 15.0. The Morgan fingerprint density at radius 2 is 1.77 bits per heavy atom. The molecule has 0 radical (unpaired) electrons. The summed E-state index contributed by atoms with van der Waals surface area (Å²) in [5, 5.41) is 16.5. The zero-order valence-corrected chi connectivity index (χ0v) is 26.0. The number of hydrogen-bond acceptors (Lipinski definition) is 11. The van der Waals surface area contributed by atoms with E-state index in [2.05, 4.69) is 5.18 Å². The number of carbonyl (C=O) groups is 4. The molecule has 11 nitrogen and oxygen atoms in total. The summed E-state index contributed by atoms with van der Waals surface area (Å²) < 4.78 is 24.1. The normalized spacial score (nSPS) is 44.7. The molecule has 0 aromatic carbocycles. The van der Waals surface area contributed by atoms with Gasteiger partial charge in [-0.05, 0) is 38.0 Å². The standard InChI is InChI=1S/C32H43NO10/c1-16-14-32(38)27(42-28(37)20-11-9-8-10-12-20)25-30(7,21(33-39)13-22-31(25,15-40-22)43-19(4)35)26(36)24(41-18(3)34)23(17(16)2)29(32,5)6/h9,11-12,16-17,21-25,27,38H,8,10,13-15H2,1-7H3/t16-,17?,21?,22?,23?,24?,25+,27?,30?,31?,32?/m0/s1. The number of rotatable bonds is 5. The lowest BCUT2D eigenvalue weighted by atomic mass is 9.41. The lowest BCUT2D eigenvalue weighted by Gasteiger charge is -2.69. The Morgan fingerprint density at radius 1 is 1.07 bits per heavy atom. The Hall–Kier alpha value is -2.92. The van der Waals surface area contributed by atoms with Crippen molar-refractivity contribution in [3.8, 4) is 0 Å². The fraction of sp³-hybridized carbons (Fsp3) is 0.750. The van der Waals surface area contributed by atoms with Gasteiger partial charge in [-0.2, -0.15) is 4.91 Å². The van der Waals surface area contributed by atoms with E-state index in [1.165, 1.54) is 20.8 Å². The molecule has 5 aliphatic rings. The number of Topliss-reactive ketones (excluding diaryl/α,β-unsaturated/α-hetero) is 1. The SMILES string of the molecule is CC(=O)OC1C(=O)C2(C)C(N=O)CC3OCC3(OC(C)=O)[C@@H]2C(OC(=O)C2=CCCC=C2)C2(O)C[C@H](C)C(C)C1C2(C)C. The van der Waals surface area contributed by atoms with Crippen LogP contribution in [0.4, 0.5) is 0 Å².